The van der Waals surface area contributed by atoms with E-state index >= 15 is 0 Å². The van der Waals surface area contributed by atoms with E-state index < -0.39 is 0 Å². The van der Waals surface area contributed by atoms with Crippen LogP contribution in [0.2, 0.25) is 0 Å². The molecule has 1 heteroatoms. The molecular weight excluding hydrogens is 170 g/mol. The zero-order valence-electron chi connectivity index (χ0n) is 9.25. The maximum Gasteiger partial charge on any atom is 0.0148 e. The highest BCUT2D eigenvalue weighted by atomic mass is 15.0. The molecule has 1 saturated carbocycles. The van der Waals surface area contributed by atoms with E-state index in [0.717, 1.165) is 5.92 Å². The summed E-state index contributed by atoms with van der Waals surface area (Å²) in [6.45, 7) is 6.69. The lowest BCUT2D eigenvalue weighted by Crippen LogP contribution is -2.38. The van der Waals surface area contributed by atoms with E-state index in [4.69, 9.17) is 0 Å². The summed E-state index contributed by atoms with van der Waals surface area (Å²) in [5.74, 6) is 0.746. The van der Waals surface area contributed by atoms with E-state index in [9.17, 15) is 0 Å². The van der Waals surface area contributed by atoms with Gasteiger partial charge in [-0.2, -0.15) is 0 Å². The molecule has 0 aliphatic heterocycles. The van der Waals surface area contributed by atoms with Crippen molar-refractivity contribution < 1.29 is 0 Å². The molecule has 1 aliphatic carbocycles. The fraction of sp³-hybridized carbons (Fsp3) is 0.538. The van der Waals surface area contributed by atoms with E-state index in [1.165, 1.54) is 12.0 Å². The SMILES string of the molecule is CC(C)(C)N[C@H]1CC1c1ccccc1. The molecule has 0 bridgehead atoms. The molecule has 2 rings (SSSR count). The highest BCUT2D eigenvalue weighted by molar-refractivity contribution is 5.27. The van der Waals surface area contributed by atoms with Gasteiger partial charge in [-0.3, -0.25) is 0 Å². The lowest BCUT2D eigenvalue weighted by molar-refractivity contribution is 0.418. The van der Waals surface area contributed by atoms with Crippen molar-refractivity contribution >= 4 is 0 Å². The van der Waals surface area contributed by atoms with Gasteiger partial charge in [0.25, 0.3) is 0 Å². The second kappa shape index (κ2) is 3.39. The Hall–Kier alpha value is -0.820. The number of hydrogen-bond acceptors (Lipinski definition) is 1. The Kier molecular flexibility index (Phi) is 2.36. The zero-order valence-corrected chi connectivity index (χ0v) is 9.25. The molecule has 0 amide bonds. The van der Waals surface area contributed by atoms with Crippen molar-refractivity contribution in [3.8, 4) is 0 Å². The molecule has 76 valence electrons. The second-order valence-electron chi connectivity index (χ2n) is 5.25. The van der Waals surface area contributed by atoms with Gasteiger partial charge in [-0.15, -0.1) is 0 Å². The van der Waals surface area contributed by atoms with Crippen molar-refractivity contribution in [1.82, 2.24) is 5.32 Å². The second-order valence-corrected chi connectivity index (χ2v) is 5.25. The molecule has 0 heterocycles. The summed E-state index contributed by atoms with van der Waals surface area (Å²) in [7, 11) is 0. The minimum atomic E-state index is 0.244. The molecule has 0 spiro atoms. The Morgan fingerprint density at radius 3 is 2.36 bits per heavy atom. The van der Waals surface area contributed by atoms with Crippen LogP contribution in [0.5, 0.6) is 0 Å². The van der Waals surface area contributed by atoms with E-state index in [1.807, 2.05) is 0 Å². The summed E-state index contributed by atoms with van der Waals surface area (Å²) >= 11 is 0. The zero-order chi connectivity index (χ0) is 10.2. The third kappa shape index (κ3) is 2.36. The molecule has 1 aromatic rings. The lowest BCUT2D eigenvalue weighted by Gasteiger charge is -2.20. The van der Waals surface area contributed by atoms with Gasteiger partial charge >= 0.3 is 0 Å². The van der Waals surface area contributed by atoms with E-state index in [1.54, 1.807) is 0 Å². The van der Waals surface area contributed by atoms with Crippen molar-refractivity contribution in [3.05, 3.63) is 35.9 Å². The first-order valence-electron chi connectivity index (χ1n) is 5.39. The first-order valence-corrected chi connectivity index (χ1v) is 5.39. The molecular formula is C13H19N. The van der Waals surface area contributed by atoms with Crippen LogP contribution in [0.25, 0.3) is 0 Å². The summed E-state index contributed by atoms with van der Waals surface area (Å²) in [4.78, 5) is 0. The van der Waals surface area contributed by atoms with Gasteiger partial charge < -0.3 is 5.32 Å². The van der Waals surface area contributed by atoms with Crippen LogP contribution in [0.4, 0.5) is 0 Å². The van der Waals surface area contributed by atoms with Gasteiger partial charge in [0.15, 0.2) is 0 Å². The molecule has 1 nitrogen and oxygen atoms in total. The van der Waals surface area contributed by atoms with Gasteiger partial charge in [0.05, 0.1) is 0 Å². The fourth-order valence-electron chi connectivity index (χ4n) is 1.98. The van der Waals surface area contributed by atoms with Crippen molar-refractivity contribution in [2.75, 3.05) is 0 Å². The maximum absolute atomic E-state index is 3.64. The Labute approximate surface area is 86.5 Å². The van der Waals surface area contributed by atoms with E-state index in [-0.39, 0.29) is 5.54 Å². The third-order valence-corrected chi connectivity index (χ3v) is 2.64. The lowest BCUT2D eigenvalue weighted by atomic mass is 10.1. The van der Waals surface area contributed by atoms with Crippen LogP contribution in [-0.2, 0) is 0 Å². The summed E-state index contributed by atoms with van der Waals surface area (Å²) in [6.07, 6.45) is 1.29. The fourth-order valence-corrected chi connectivity index (χ4v) is 1.98. The molecule has 0 saturated heterocycles. The number of nitrogens with one attached hydrogen (secondary N) is 1. The minimum absolute atomic E-state index is 0.244. The van der Waals surface area contributed by atoms with Crippen molar-refractivity contribution in [2.24, 2.45) is 0 Å². The topological polar surface area (TPSA) is 12.0 Å². The Morgan fingerprint density at radius 2 is 1.79 bits per heavy atom. The minimum Gasteiger partial charge on any atom is -0.309 e. The molecule has 1 N–H and O–H groups in total. The largest absolute Gasteiger partial charge is 0.309 e. The molecule has 1 aromatic carbocycles. The van der Waals surface area contributed by atoms with Crippen LogP contribution in [0.15, 0.2) is 30.3 Å². The first kappa shape index (κ1) is 9.72. The molecule has 1 aliphatic rings. The Bertz CT molecular complexity index is 297. The number of hydrogen-bond donors (Lipinski definition) is 1. The molecule has 0 radical (unpaired) electrons. The quantitative estimate of drug-likeness (QED) is 0.754. The first-order chi connectivity index (χ1) is 6.56. The molecule has 14 heavy (non-hydrogen) atoms. The predicted octanol–water partition coefficient (Wildman–Crippen LogP) is 2.93. The van der Waals surface area contributed by atoms with Gasteiger partial charge in [-0.1, -0.05) is 30.3 Å². The average molecular weight is 189 g/mol. The van der Waals surface area contributed by atoms with Crippen LogP contribution >= 0.6 is 0 Å². The Morgan fingerprint density at radius 1 is 1.14 bits per heavy atom. The monoisotopic (exact) mass is 189 g/mol. The van der Waals surface area contributed by atoms with Crippen molar-refractivity contribution in [1.29, 1.82) is 0 Å². The summed E-state index contributed by atoms with van der Waals surface area (Å²) in [6, 6.07) is 11.5. The van der Waals surface area contributed by atoms with Gasteiger partial charge in [0, 0.05) is 17.5 Å². The van der Waals surface area contributed by atoms with Crippen LogP contribution in [-0.4, -0.2) is 11.6 Å². The molecule has 1 unspecified atom stereocenters. The average Bonchev–Trinajstić information content (AvgIpc) is 2.82. The molecule has 0 aromatic heterocycles. The smallest absolute Gasteiger partial charge is 0.0148 e. The maximum atomic E-state index is 3.64. The highest BCUT2D eigenvalue weighted by Crippen LogP contribution is 2.41. The van der Waals surface area contributed by atoms with Gasteiger partial charge in [0.1, 0.15) is 0 Å². The van der Waals surface area contributed by atoms with Crippen molar-refractivity contribution in [2.45, 2.75) is 44.7 Å². The van der Waals surface area contributed by atoms with E-state index in [0.29, 0.717) is 6.04 Å². The van der Waals surface area contributed by atoms with Crippen LogP contribution < -0.4 is 5.32 Å². The summed E-state index contributed by atoms with van der Waals surface area (Å²) in [5, 5.41) is 3.64. The van der Waals surface area contributed by atoms with Crippen LogP contribution in [0.1, 0.15) is 38.7 Å². The number of rotatable bonds is 2. The van der Waals surface area contributed by atoms with Crippen LogP contribution in [0.3, 0.4) is 0 Å². The van der Waals surface area contributed by atoms with Gasteiger partial charge in [0.2, 0.25) is 0 Å². The highest BCUT2D eigenvalue weighted by Gasteiger charge is 2.39. The number of benzene rings is 1. The standard InChI is InChI=1S/C13H19N/c1-13(2,3)14-12-9-11(12)10-7-5-4-6-8-10/h4-8,11-12,14H,9H2,1-3H3/t11?,12-/m0/s1. The van der Waals surface area contributed by atoms with Gasteiger partial charge in [-0.05, 0) is 32.8 Å². The Balaban J connectivity index is 1.94. The summed E-state index contributed by atoms with van der Waals surface area (Å²) in [5.41, 5.74) is 1.73. The normalized spacial score (nSPS) is 26.2. The van der Waals surface area contributed by atoms with Crippen LogP contribution in [0, 0.1) is 0 Å². The predicted molar refractivity (Wildman–Crippen MR) is 60.5 cm³/mol. The molecule has 2 atom stereocenters. The van der Waals surface area contributed by atoms with E-state index in [2.05, 4.69) is 56.4 Å². The third-order valence-electron chi connectivity index (χ3n) is 2.64. The van der Waals surface area contributed by atoms with Crippen molar-refractivity contribution in [3.63, 3.8) is 0 Å². The molecule has 1 fully saturated rings. The summed E-state index contributed by atoms with van der Waals surface area (Å²) < 4.78 is 0. The van der Waals surface area contributed by atoms with Gasteiger partial charge in [-0.25, -0.2) is 0 Å².